The van der Waals surface area contributed by atoms with Gasteiger partial charge in [-0.05, 0) is 42.8 Å². The van der Waals surface area contributed by atoms with Crippen LogP contribution < -0.4 is 10.6 Å². The molecule has 0 saturated carbocycles. The van der Waals surface area contributed by atoms with E-state index in [0.717, 1.165) is 27.5 Å². The number of aromatic amines is 1. The Morgan fingerprint density at radius 2 is 2.13 bits per heavy atom. The van der Waals surface area contributed by atoms with Crippen molar-refractivity contribution in [3.05, 3.63) is 77.3 Å². The average Bonchev–Trinajstić information content (AvgIpc) is 3.46. The van der Waals surface area contributed by atoms with Gasteiger partial charge in [0.25, 0.3) is 5.91 Å². The fraction of sp³-hybridized carbons (Fsp3) is 0.182. The van der Waals surface area contributed by atoms with Gasteiger partial charge in [0, 0.05) is 31.0 Å². The Morgan fingerprint density at radius 1 is 1.23 bits per heavy atom. The summed E-state index contributed by atoms with van der Waals surface area (Å²) in [6.45, 7) is 2.24. The van der Waals surface area contributed by atoms with Crippen LogP contribution in [0.5, 0.6) is 0 Å². The number of benzene rings is 1. The standard InChI is InChI=1S/C22H22N6O2S/c1-14(29)15-3-2-4-16(11-15)27-22-25-10-8-18(28-22)19-5-6-20(31-19)21(30)24-9-7-17-12-23-13-26-17/h2-6,8,10-14,29H,7,9H2,1H3,(H,23,26)(H,24,30)(H,25,27,28). The molecule has 3 aromatic heterocycles. The van der Waals surface area contributed by atoms with E-state index in [4.69, 9.17) is 0 Å². The highest BCUT2D eigenvalue weighted by molar-refractivity contribution is 7.17. The quantitative estimate of drug-likeness (QED) is 0.336. The number of anilines is 2. The van der Waals surface area contributed by atoms with Gasteiger partial charge in [-0.1, -0.05) is 12.1 Å². The summed E-state index contributed by atoms with van der Waals surface area (Å²) in [5.41, 5.74) is 3.23. The molecule has 0 saturated heterocycles. The monoisotopic (exact) mass is 434 g/mol. The zero-order chi connectivity index (χ0) is 21.6. The van der Waals surface area contributed by atoms with Crippen molar-refractivity contribution in [3.8, 4) is 10.6 Å². The molecule has 1 aromatic carbocycles. The third kappa shape index (κ3) is 5.33. The van der Waals surface area contributed by atoms with Gasteiger partial charge in [-0.25, -0.2) is 15.0 Å². The molecule has 4 aromatic rings. The van der Waals surface area contributed by atoms with Gasteiger partial charge >= 0.3 is 0 Å². The van der Waals surface area contributed by atoms with Crippen LogP contribution in [-0.4, -0.2) is 37.5 Å². The number of rotatable bonds is 8. The molecule has 0 aliphatic heterocycles. The van der Waals surface area contributed by atoms with E-state index in [0.29, 0.717) is 23.8 Å². The first-order valence-electron chi connectivity index (χ1n) is 9.82. The number of aliphatic hydroxyl groups excluding tert-OH is 1. The lowest BCUT2D eigenvalue weighted by Gasteiger charge is -2.09. The van der Waals surface area contributed by atoms with E-state index in [1.807, 2.05) is 42.6 Å². The first-order valence-corrected chi connectivity index (χ1v) is 10.6. The van der Waals surface area contributed by atoms with Gasteiger partial charge in [-0.15, -0.1) is 11.3 Å². The maximum atomic E-state index is 12.4. The molecule has 0 aliphatic rings. The number of aliphatic hydroxyl groups is 1. The van der Waals surface area contributed by atoms with Crippen molar-refractivity contribution in [1.82, 2.24) is 25.3 Å². The lowest BCUT2D eigenvalue weighted by Crippen LogP contribution is -2.24. The molecule has 8 nitrogen and oxygen atoms in total. The predicted octanol–water partition coefficient (Wildman–Crippen LogP) is 3.70. The van der Waals surface area contributed by atoms with Gasteiger partial charge in [-0.3, -0.25) is 4.79 Å². The summed E-state index contributed by atoms with van der Waals surface area (Å²) in [6.07, 6.45) is 5.23. The second-order valence-corrected chi connectivity index (χ2v) is 8.01. The molecule has 0 bridgehead atoms. The Hall–Kier alpha value is -3.56. The Morgan fingerprint density at radius 3 is 2.94 bits per heavy atom. The zero-order valence-corrected chi connectivity index (χ0v) is 17.7. The minimum Gasteiger partial charge on any atom is -0.389 e. The van der Waals surface area contributed by atoms with Gasteiger partial charge in [0.15, 0.2) is 0 Å². The van der Waals surface area contributed by atoms with E-state index in [1.54, 1.807) is 25.5 Å². The maximum Gasteiger partial charge on any atom is 0.261 e. The lowest BCUT2D eigenvalue weighted by molar-refractivity contribution is 0.0958. The first-order chi connectivity index (χ1) is 15.1. The van der Waals surface area contributed by atoms with Crippen LogP contribution in [0.15, 0.2) is 61.2 Å². The molecule has 158 valence electrons. The lowest BCUT2D eigenvalue weighted by atomic mass is 10.1. The Bertz CT molecular complexity index is 1160. The minimum absolute atomic E-state index is 0.117. The number of thiophene rings is 1. The molecule has 4 N–H and O–H groups in total. The van der Waals surface area contributed by atoms with Crippen molar-refractivity contribution >= 4 is 28.9 Å². The molecular formula is C22H22N6O2S. The van der Waals surface area contributed by atoms with Crippen molar-refractivity contribution in [2.45, 2.75) is 19.4 Å². The molecule has 1 amide bonds. The third-order valence-electron chi connectivity index (χ3n) is 4.58. The minimum atomic E-state index is -0.552. The van der Waals surface area contributed by atoms with E-state index < -0.39 is 6.10 Å². The van der Waals surface area contributed by atoms with Gasteiger partial charge in [0.2, 0.25) is 5.95 Å². The molecule has 1 atom stereocenters. The molecule has 4 rings (SSSR count). The number of hydrogen-bond acceptors (Lipinski definition) is 7. The number of H-pyrrole nitrogens is 1. The van der Waals surface area contributed by atoms with Crippen LogP contribution >= 0.6 is 11.3 Å². The summed E-state index contributed by atoms with van der Waals surface area (Å²) < 4.78 is 0. The van der Waals surface area contributed by atoms with E-state index >= 15 is 0 Å². The van der Waals surface area contributed by atoms with Gasteiger partial charge in [0.05, 0.1) is 33.6 Å². The summed E-state index contributed by atoms with van der Waals surface area (Å²) in [5.74, 6) is 0.327. The molecule has 0 radical (unpaired) electrons. The highest BCUT2D eigenvalue weighted by atomic mass is 32.1. The number of carbonyl (C=O) groups excluding carboxylic acids is 1. The predicted molar refractivity (Wildman–Crippen MR) is 120 cm³/mol. The molecule has 0 fully saturated rings. The van der Waals surface area contributed by atoms with Crippen molar-refractivity contribution in [2.24, 2.45) is 0 Å². The van der Waals surface area contributed by atoms with Gasteiger partial charge < -0.3 is 20.7 Å². The Balaban J connectivity index is 1.41. The number of imidazole rings is 1. The van der Waals surface area contributed by atoms with Crippen LogP contribution in [0.4, 0.5) is 11.6 Å². The van der Waals surface area contributed by atoms with Crippen molar-refractivity contribution in [2.75, 3.05) is 11.9 Å². The number of aromatic nitrogens is 4. The third-order valence-corrected chi connectivity index (χ3v) is 5.69. The van der Waals surface area contributed by atoms with Crippen LogP contribution in [0.25, 0.3) is 10.6 Å². The van der Waals surface area contributed by atoms with E-state index in [9.17, 15) is 9.90 Å². The van der Waals surface area contributed by atoms with Gasteiger partial charge in [-0.2, -0.15) is 0 Å². The molecule has 1 unspecified atom stereocenters. The Kier molecular flexibility index (Phi) is 6.34. The fourth-order valence-electron chi connectivity index (χ4n) is 2.98. The van der Waals surface area contributed by atoms with Crippen molar-refractivity contribution in [3.63, 3.8) is 0 Å². The van der Waals surface area contributed by atoms with E-state index in [-0.39, 0.29) is 5.91 Å². The molecular weight excluding hydrogens is 412 g/mol. The number of amides is 1. The number of nitrogens with zero attached hydrogens (tertiary/aromatic N) is 3. The van der Waals surface area contributed by atoms with Crippen LogP contribution in [0, 0.1) is 0 Å². The molecule has 0 spiro atoms. The summed E-state index contributed by atoms with van der Waals surface area (Å²) in [7, 11) is 0. The van der Waals surface area contributed by atoms with E-state index in [2.05, 4.69) is 30.6 Å². The normalized spacial score (nSPS) is 11.8. The van der Waals surface area contributed by atoms with Gasteiger partial charge in [0.1, 0.15) is 0 Å². The second kappa shape index (κ2) is 9.50. The SMILES string of the molecule is CC(O)c1cccc(Nc2nccc(-c3ccc(C(=O)NCCc4c[nH]cn4)s3)n2)c1. The molecule has 9 heteroatoms. The number of nitrogens with one attached hydrogen (secondary N) is 3. The molecule has 0 aliphatic carbocycles. The summed E-state index contributed by atoms with van der Waals surface area (Å²) in [6, 6.07) is 13.0. The zero-order valence-electron chi connectivity index (χ0n) is 16.9. The first kappa shape index (κ1) is 20.7. The maximum absolute atomic E-state index is 12.4. The van der Waals surface area contributed by atoms with E-state index in [1.165, 1.54) is 11.3 Å². The topological polar surface area (TPSA) is 116 Å². The van der Waals surface area contributed by atoms with Crippen LogP contribution in [0.2, 0.25) is 0 Å². The summed E-state index contributed by atoms with van der Waals surface area (Å²) >= 11 is 1.38. The highest BCUT2D eigenvalue weighted by Gasteiger charge is 2.12. The largest absolute Gasteiger partial charge is 0.389 e. The average molecular weight is 435 g/mol. The summed E-state index contributed by atoms with van der Waals surface area (Å²) in [4.78, 5) is 29.8. The van der Waals surface area contributed by atoms with Crippen LogP contribution in [-0.2, 0) is 6.42 Å². The second-order valence-electron chi connectivity index (χ2n) is 6.92. The molecule has 3 heterocycles. The number of carbonyl (C=O) groups is 1. The smallest absolute Gasteiger partial charge is 0.261 e. The number of hydrogen-bond donors (Lipinski definition) is 4. The van der Waals surface area contributed by atoms with Crippen molar-refractivity contribution in [1.29, 1.82) is 0 Å². The van der Waals surface area contributed by atoms with Crippen LogP contribution in [0.1, 0.15) is 34.0 Å². The fourth-order valence-corrected chi connectivity index (χ4v) is 3.87. The highest BCUT2D eigenvalue weighted by Crippen LogP contribution is 2.28. The summed E-state index contributed by atoms with van der Waals surface area (Å²) in [5, 5.41) is 15.8. The van der Waals surface area contributed by atoms with Crippen molar-refractivity contribution < 1.29 is 9.90 Å². The van der Waals surface area contributed by atoms with Crippen LogP contribution in [0.3, 0.4) is 0 Å². The Labute approximate surface area is 183 Å². The molecule has 31 heavy (non-hydrogen) atoms.